The summed E-state index contributed by atoms with van der Waals surface area (Å²) in [5.74, 6) is 0.178. The minimum atomic E-state index is 0.0798. The Bertz CT molecular complexity index is 557. The lowest BCUT2D eigenvalue weighted by Crippen LogP contribution is -2.37. The second-order valence-electron chi connectivity index (χ2n) is 4.70. The van der Waals surface area contributed by atoms with E-state index in [-0.39, 0.29) is 11.8 Å². The third-order valence-corrected chi connectivity index (χ3v) is 3.38. The predicted molar refractivity (Wildman–Crippen MR) is 70.3 cm³/mol. The quantitative estimate of drug-likeness (QED) is 0.749. The van der Waals surface area contributed by atoms with Gasteiger partial charge in [0.25, 0.3) is 0 Å². The second kappa shape index (κ2) is 4.78. The number of H-pyrrole nitrogens is 1. The standard InChI is InChI=1S/C13H16N4O/c18-13(10-2-1-5-14-7-10)16-11-4-3-9-8-15-17-12(9)6-11/h3-4,6,8,10,14H,1-2,5,7H2,(H,15,17)(H,16,18)/t10-/m1/s1. The highest BCUT2D eigenvalue weighted by Crippen LogP contribution is 2.18. The van der Waals surface area contributed by atoms with Crippen molar-refractivity contribution in [1.82, 2.24) is 15.5 Å². The average molecular weight is 244 g/mol. The van der Waals surface area contributed by atoms with E-state index in [1.807, 2.05) is 18.2 Å². The molecule has 2 aromatic rings. The Hall–Kier alpha value is -1.88. The molecule has 0 spiro atoms. The number of aromatic nitrogens is 2. The molecule has 5 heteroatoms. The van der Waals surface area contributed by atoms with Crippen molar-refractivity contribution in [2.24, 2.45) is 5.92 Å². The number of nitrogens with zero attached hydrogens (tertiary/aromatic N) is 1. The van der Waals surface area contributed by atoms with Gasteiger partial charge in [0.05, 0.1) is 17.6 Å². The molecule has 1 aromatic carbocycles. The fraction of sp³-hybridized carbons (Fsp3) is 0.385. The average Bonchev–Trinajstić information content (AvgIpc) is 2.87. The maximum absolute atomic E-state index is 12.1. The van der Waals surface area contributed by atoms with Gasteiger partial charge in [-0.05, 0) is 37.6 Å². The number of nitrogens with one attached hydrogen (secondary N) is 3. The van der Waals surface area contributed by atoms with Crippen LogP contribution in [0.4, 0.5) is 5.69 Å². The molecule has 5 nitrogen and oxygen atoms in total. The van der Waals surface area contributed by atoms with Crippen LogP contribution in [0.2, 0.25) is 0 Å². The van der Waals surface area contributed by atoms with Crippen molar-refractivity contribution >= 4 is 22.5 Å². The SMILES string of the molecule is O=C(Nc1ccc2cn[nH]c2c1)[C@@H]1CCCNC1. The van der Waals surface area contributed by atoms with Crippen molar-refractivity contribution in [2.75, 3.05) is 18.4 Å². The van der Waals surface area contributed by atoms with Crippen LogP contribution < -0.4 is 10.6 Å². The molecule has 2 heterocycles. The molecule has 3 rings (SSSR count). The van der Waals surface area contributed by atoms with Crippen LogP contribution in [-0.4, -0.2) is 29.2 Å². The van der Waals surface area contributed by atoms with E-state index in [9.17, 15) is 4.79 Å². The van der Waals surface area contributed by atoms with Gasteiger partial charge in [0, 0.05) is 17.6 Å². The molecule has 0 unspecified atom stereocenters. The first-order valence-electron chi connectivity index (χ1n) is 6.27. The summed E-state index contributed by atoms with van der Waals surface area (Å²) in [5, 5.41) is 14.1. The molecule has 1 aliphatic heterocycles. The van der Waals surface area contributed by atoms with Gasteiger partial charge in [-0.25, -0.2) is 0 Å². The number of carbonyl (C=O) groups excluding carboxylic acids is 1. The summed E-state index contributed by atoms with van der Waals surface area (Å²) in [4.78, 5) is 12.1. The number of hydrogen-bond donors (Lipinski definition) is 3. The Balaban J connectivity index is 1.72. The Labute approximate surface area is 105 Å². The number of anilines is 1. The largest absolute Gasteiger partial charge is 0.326 e. The lowest BCUT2D eigenvalue weighted by molar-refractivity contribution is -0.120. The fourth-order valence-electron chi connectivity index (χ4n) is 2.33. The molecule has 94 valence electrons. The zero-order chi connectivity index (χ0) is 12.4. The van der Waals surface area contributed by atoms with Gasteiger partial charge in [-0.15, -0.1) is 0 Å². The Morgan fingerprint density at radius 1 is 1.44 bits per heavy atom. The van der Waals surface area contributed by atoms with Crippen LogP contribution in [0.1, 0.15) is 12.8 Å². The molecular weight excluding hydrogens is 228 g/mol. The van der Waals surface area contributed by atoms with Gasteiger partial charge in [-0.3, -0.25) is 9.89 Å². The Kier molecular flexibility index (Phi) is 2.98. The topological polar surface area (TPSA) is 69.8 Å². The summed E-state index contributed by atoms with van der Waals surface area (Å²) in [6, 6.07) is 5.77. The Morgan fingerprint density at radius 3 is 3.22 bits per heavy atom. The predicted octanol–water partition coefficient (Wildman–Crippen LogP) is 1.50. The molecule has 1 atom stereocenters. The number of piperidine rings is 1. The third kappa shape index (κ3) is 2.22. The molecule has 0 bridgehead atoms. The Morgan fingerprint density at radius 2 is 2.39 bits per heavy atom. The summed E-state index contributed by atoms with van der Waals surface area (Å²) in [7, 11) is 0. The summed E-state index contributed by atoms with van der Waals surface area (Å²) >= 11 is 0. The maximum Gasteiger partial charge on any atom is 0.228 e. The first kappa shape index (κ1) is 11.2. The van der Waals surface area contributed by atoms with Gasteiger partial charge in [0.1, 0.15) is 0 Å². The highest BCUT2D eigenvalue weighted by Gasteiger charge is 2.20. The molecule has 18 heavy (non-hydrogen) atoms. The molecular formula is C13H16N4O. The highest BCUT2D eigenvalue weighted by atomic mass is 16.1. The summed E-state index contributed by atoms with van der Waals surface area (Å²) in [6.45, 7) is 1.79. The number of hydrogen-bond acceptors (Lipinski definition) is 3. The minimum absolute atomic E-state index is 0.0798. The zero-order valence-electron chi connectivity index (χ0n) is 10.1. The number of benzene rings is 1. The van der Waals surface area contributed by atoms with Crippen LogP contribution in [-0.2, 0) is 4.79 Å². The molecule has 0 radical (unpaired) electrons. The molecule has 0 aliphatic carbocycles. The van der Waals surface area contributed by atoms with Gasteiger partial charge in [-0.1, -0.05) is 0 Å². The number of amides is 1. The van der Waals surface area contributed by atoms with E-state index in [1.165, 1.54) is 0 Å². The van der Waals surface area contributed by atoms with Gasteiger partial charge in [-0.2, -0.15) is 5.10 Å². The lowest BCUT2D eigenvalue weighted by Gasteiger charge is -2.21. The molecule has 1 fully saturated rings. The number of aromatic amines is 1. The summed E-state index contributed by atoms with van der Waals surface area (Å²) in [5.41, 5.74) is 1.76. The maximum atomic E-state index is 12.1. The van der Waals surface area contributed by atoms with E-state index in [0.717, 1.165) is 42.5 Å². The first-order valence-corrected chi connectivity index (χ1v) is 6.27. The highest BCUT2D eigenvalue weighted by molar-refractivity contribution is 5.94. The van der Waals surface area contributed by atoms with Crippen LogP contribution >= 0.6 is 0 Å². The van der Waals surface area contributed by atoms with Crippen LogP contribution in [0.5, 0.6) is 0 Å². The third-order valence-electron chi connectivity index (χ3n) is 3.38. The summed E-state index contributed by atoms with van der Waals surface area (Å²) < 4.78 is 0. The van der Waals surface area contributed by atoms with Crippen LogP contribution in [0.15, 0.2) is 24.4 Å². The van der Waals surface area contributed by atoms with E-state index in [1.54, 1.807) is 6.20 Å². The van der Waals surface area contributed by atoms with E-state index < -0.39 is 0 Å². The monoisotopic (exact) mass is 244 g/mol. The minimum Gasteiger partial charge on any atom is -0.326 e. The molecule has 1 aromatic heterocycles. The van der Waals surface area contributed by atoms with Gasteiger partial charge in [0.15, 0.2) is 0 Å². The van der Waals surface area contributed by atoms with Gasteiger partial charge in [0.2, 0.25) is 5.91 Å². The van der Waals surface area contributed by atoms with Crippen molar-refractivity contribution in [3.8, 4) is 0 Å². The van der Waals surface area contributed by atoms with E-state index in [4.69, 9.17) is 0 Å². The number of carbonyl (C=O) groups is 1. The van der Waals surface area contributed by atoms with Crippen LogP contribution in [0.25, 0.3) is 10.9 Å². The second-order valence-corrected chi connectivity index (χ2v) is 4.70. The van der Waals surface area contributed by atoms with E-state index in [2.05, 4.69) is 20.8 Å². The fourth-order valence-corrected chi connectivity index (χ4v) is 2.33. The normalized spacial score (nSPS) is 19.9. The van der Waals surface area contributed by atoms with Crippen molar-refractivity contribution in [2.45, 2.75) is 12.8 Å². The van der Waals surface area contributed by atoms with Gasteiger partial charge >= 0.3 is 0 Å². The molecule has 1 saturated heterocycles. The molecule has 0 saturated carbocycles. The molecule has 3 N–H and O–H groups in total. The van der Waals surface area contributed by atoms with Crippen LogP contribution in [0.3, 0.4) is 0 Å². The van der Waals surface area contributed by atoms with Crippen LogP contribution in [0, 0.1) is 5.92 Å². The number of fused-ring (bicyclic) bond motifs is 1. The lowest BCUT2D eigenvalue weighted by atomic mass is 9.99. The van der Waals surface area contributed by atoms with E-state index >= 15 is 0 Å². The molecule has 1 amide bonds. The molecule has 1 aliphatic rings. The van der Waals surface area contributed by atoms with Crippen molar-refractivity contribution in [1.29, 1.82) is 0 Å². The number of rotatable bonds is 2. The van der Waals surface area contributed by atoms with Crippen molar-refractivity contribution in [3.63, 3.8) is 0 Å². The smallest absolute Gasteiger partial charge is 0.228 e. The zero-order valence-corrected chi connectivity index (χ0v) is 10.1. The van der Waals surface area contributed by atoms with E-state index in [0.29, 0.717) is 0 Å². The van der Waals surface area contributed by atoms with Gasteiger partial charge < -0.3 is 10.6 Å². The first-order chi connectivity index (χ1) is 8.83. The summed E-state index contributed by atoms with van der Waals surface area (Å²) in [6.07, 6.45) is 3.80. The van der Waals surface area contributed by atoms with Crippen molar-refractivity contribution < 1.29 is 4.79 Å². The van der Waals surface area contributed by atoms with Crippen molar-refractivity contribution in [3.05, 3.63) is 24.4 Å².